The average molecular weight is 395 g/mol. The van der Waals surface area contributed by atoms with Gasteiger partial charge in [-0.25, -0.2) is 13.1 Å². The van der Waals surface area contributed by atoms with Crippen LogP contribution in [0.25, 0.3) is 0 Å². The molecule has 10 heteroatoms. The van der Waals surface area contributed by atoms with E-state index in [1.54, 1.807) is 13.8 Å². The third kappa shape index (κ3) is 7.89. The number of ether oxygens (including phenoxy) is 1. The quantitative estimate of drug-likeness (QED) is 0.378. The highest BCUT2D eigenvalue weighted by Gasteiger charge is 2.16. The summed E-state index contributed by atoms with van der Waals surface area (Å²) >= 11 is 0. The summed E-state index contributed by atoms with van der Waals surface area (Å²) < 4.78 is 31.1. The normalized spacial score (nSPS) is 10.7. The van der Waals surface area contributed by atoms with Crippen molar-refractivity contribution in [3.63, 3.8) is 0 Å². The van der Waals surface area contributed by atoms with Gasteiger partial charge in [0.25, 0.3) is 11.8 Å². The molecule has 1 rings (SSSR count). The Morgan fingerprint density at radius 3 is 2.33 bits per heavy atom. The van der Waals surface area contributed by atoms with Gasteiger partial charge in [0.15, 0.2) is 6.61 Å². The zero-order valence-electron chi connectivity index (χ0n) is 14.9. The molecule has 3 N–H and O–H groups in total. The van der Waals surface area contributed by atoms with Gasteiger partial charge < -0.3 is 15.4 Å². The third-order valence-corrected chi connectivity index (χ3v) is 4.64. The molecule has 0 aromatic heterocycles. The molecule has 0 aliphatic heterocycles. The molecular formula is C17H21N3O6S. The number of carbonyl (C=O) groups excluding carboxylic acids is 3. The minimum absolute atomic E-state index is 0.0186. The number of sulfonamides is 1. The van der Waals surface area contributed by atoms with Crippen molar-refractivity contribution in [1.29, 1.82) is 0 Å². The van der Waals surface area contributed by atoms with Gasteiger partial charge in [0.2, 0.25) is 10.0 Å². The topological polar surface area (TPSA) is 131 Å². The highest BCUT2D eigenvalue weighted by Crippen LogP contribution is 2.11. The Morgan fingerprint density at radius 2 is 1.78 bits per heavy atom. The van der Waals surface area contributed by atoms with Gasteiger partial charge in [-0.05, 0) is 38.1 Å². The molecule has 146 valence electrons. The molecular weight excluding hydrogens is 374 g/mol. The molecule has 0 heterocycles. The zero-order valence-corrected chi connectivity index (χ0v) is 15.8. The van der Waals surface area contributed by atoms with Crippen molar-refractivity contribution >= 4 is 27.8 Å². The van der Waals surface area contributed by atoms with Gasteiger partial charge in [0.05, 0.1) is 11.4 Å². The van der Waals surface area contributed by atoms with Gasteiger partial charge in [-0.15, -0.1) is 6.42 Å². The maximum atomic E-state index is 12.0. The summed E-state index contributed by atoms with van der Waals surface area (Å²) in [5, 5.41) is 4.63. The lowest BCUT2D eigenvalue weighted by atomic mass is 10.2. The summed E-state index contributed by atoms with van der Waals surface area (Å²) in [7, 11) is -3.66. The van der Waals surface area contributed by atoms with Crippen LogP contribution in [0.4, 0.5) is 0 Å². The monoisotopic (exact) mass is 395 g/mol. The summed E-state index contributed by atoms with van der Waals surface area (Å²) in [6.07, 6.45) is 4.97. The predicted octanol–water partition coefficient (Wildman–Crippen LogP) is -0.604. The molecule has 0 spiro atoms. The number of hydrogen-bond donors (Lipinski definition) is 3. The van der Waals surface area contributed by atoms with Crippen LogP contribution in [0, 0.1) is 12.3 Å². The molecule has 1 aromatic carbocycles. The SMILES string of the molecule is C#CCNC(=O)COC(=O)CNC(=O)c1ccc(S(=O)(=O)NC(C)C)cc1. The first-order valence-electron chi connectivity index (χ1n) is 7.92. The number of benzene rings is 1. The Bertz CT molecular complexity index is 825. The molecule has 0 saturated carbocycles. The number of amides is 2. The Kier molecular flexibility index (Phi) is 8.44. The first kappa shape index (κ1) is 22.1. The fraction of sp³-hybridized carbons (Fsp3) is 0.353. The van der Waals surface area contributed by atoms with E-state index >= 15 is 0 Å². The van der Waals surface area contributed by atoms with E-state index in [0.717, 1.165) is 0 Å². The van der Waals surface area contributed by atoms with Crippen molar-refractivity contribution < 1.29 is 27.5 Å². The Labute approximate surface area is 157 Å². The molecule has 0 fully saturated rings. The van der Waals surface area contributed by atoms with Gasteiger partial charge >= 0.3 is 5.97 Å². The van der Waals surface area contributed by atoms with Crippen LogP contribution in [0.2, 0.25) is 0 Å². The van der Waals surface area contributed by atoms with Gasteiger partial charge in [0.1, 0.15) is 6.54 Å². The average Bonchev–Trinajstić information content (AvgIpc) is 2.61. The second kappa shape index (κ2) is 10.3. The van der Waals surface area contributed by atoms with E-state index in [4.69, 9.17) is 6.42 Å². The molecule has 0 aliphatic rings. The van der Waals surface area contributed by atoms with E-state index in [0.29, 0.717) is 0 Å². The summed E-state index contributed by atoms with van der Waals surface area (Å²) in [6, 6.07) is 4.95. The van der Waals surface area contributed by atoms with Crippen LogP contribution < -0.4 is 15.4 Å². The first-order valence-corrected chi connectivity index (χ1v) is 9.40. The summed E-state index contributed by atoms with van der Waals surface area (Å²) in [6.45, 7) is 2.45. The molecule has 0 aliphatic carbocycles. The van der Waals surface area contributed by atoms with E-state index in [-0.39, 0.29) is 23.0 Å². The lowest BCUT2D eigenvalue weighted by Crippen LogP contribution is -2.34. The first-order chi connectivity index (χ1) is 12.7. The Hall–Kier alpha value is -2.90. The van der Waals surface area contributed by atoms with Gasteiger partial charge in [0, 0.05) is 11.6 Å². The van der Waals surface area contributed by atoms with Gasteiger partial charge in [-0.2, -0.15) is 0 Å². The molecule has 0 radical (unpaired) electrons. The molecule has 0 atom stereocenters. The van der Waals surface area contributed by atoms with Crippen LogP contribution in [-0.4, -0.2) is 51.9 Å². The van der Waals surface area contributed by atoms with Crippen molar-refractivity contribution in [2.24, 2.45) is 0 Å². The minimum atomic E-state index is -3.66. The number of nitrogens with one attached hydrogen (secondary N) is 3. The van der Waals surface area contributed by atoms with Crippen LogP contribution in [0.15, 0.2) is 29.2 Å². The van der Waals surface area contributed by atoms with Crippen molar-refractivity contribution in [2.45, 2.75) is 24.8 Å². The number of rotatable bonds is 9. The molecule has 0 bridgehead atoms. The van der Waals surface area contributed by atoms with E-state index in [2.05, 4.69) is 26.0 Å². The fourth-order valence-electron chi connectivity index (χ4n) is 1.82. The molecule has 27 heavy (non-hydrogen) atoms. The lowest BCUT2D eigenvalue weighted by molar-refractivity contribution is -0.147. The molecule has 1 aromatic rings. The van der Waals surface area contributed by atoms with Crippen LogP contribution in [0.3, 0.4) is 0 Å². The lowest BCUT2D eigenvalue weighted by Gasteiger charge is -2.10. The molecule has 9 nitrogen and oxygen atoms in total. The highest BCUT2D eigenvalue weighted by atomic mass is 32.2. The summed E-state index contributed by atoms with van der Waals surface area (Å²) in [5.41, 5.74) is 0.165. The zero-order chi connectivity index (χ0) is 20.4. The van der Waals surface area contributed by atoms with Crippen molar-refractivity contribution in [3.05, 3.63) is 29.8 Å². The summed E-state index contributed by atoms with van der Waals surface area (Å²) in [4.78, 5) is 34.7. The summed E-state index contributed by atoms with van der Waals surface area (Å²) in [5.74, 6) is 0.241. The van der Waals surface area contributed by atoms with E-state index in [9.17, 15) is 22.8 Å². The molecule has 2 amide bonds. The maximum Gasteiger partial charge on any atom is 0.325 e. The number of carbonyl (C=O) groups is 3. The predicted molar refractivity (Wildman–Crippen MR) is 97.0 cm³/mol. The van der Waals surface area contributed by atoms with Gasteiger partial charge in [-0.3, -0.25) is 14.4 Å². The number of esters is 1. The van der Waals surface area contributed by atoms with Crippen molar-refractivity contribution in [2.75, 3.05) is 19.7 Å². The van der Waals surface area contributed by atoms with Crippen LogP contribution in [-0.2, 0) is 24.3 Å². The van der Waals surface area contributed by atoms with E-state index < -0.39 is 41.0 Å². The van der Waals surface area contributed by atoms with Crippen LogP contribution >= 0.6 is 0 Å². The largest absolute Gasteiger partial charge is 0.454 e. The van der Waals surface area contributed by atoms with Gasteiger partial charge in [-0.1, -0.05) is 5.92 Å². The minimum Gasteiger partial charge on any atom is -0.454 e. The maximum absolute atomic E-state index is 12.0. The number of terminal acetylenes is 1. The molecule has 0 unspecified atom stereocenters. The van der Waals surface area contributed by atoms with Crippen LogP contribution in [0.5, 0.6) is 0 Å². The van der Waals surface area contributed by atoms with Crippen molar-refractivity contribution in [1.82, 2.24) is 15.4 Å². The fourth-order valence-corrected chi connectivity index (χ4v) is 3.07. The third-order valence-electron chi connectivity index (χ3n) is 2.96. The smallest absolute Gasteiger partial charge is 0.325 e. The van der Waals surface area contributed by atoms with Crippen LogP contribution in [0.1, 0.15) is 24.2 Å². The Morgan fingerprint density at radius 1 is 1.15 bits per heavy atom. The molecule has 0 saturated heterocycles. The Balaban J connectivity index is 2.52. The number of hydrogen-bond acceptors (Lipinski definition) is 6. The van der Waals surface area contributed by atoms with E-state index in [1.165, 1.54) is 24.3 Å². The highest BCUT2D eigenvalue weighted by molar-refractivity contribution is 7.89. The standard InChI is InChI=1S/C17H21N3O6S/c1-4-9-18-15(21)11-26-16(22)10-19-17(23)13-5-7-14(8-6-13)27(24,25)20-12(2)3/h1,5-8,12,20H,9-11H2,2-3H3,(H,18,21)(H,19,23). The van der Waals surface area contributed by atoms with E-state index in [1.807, 2.05) is 0 Å². The second-order valence-electron chi connectivity index (χ2n) is 5.62. The van der Waals surface area contributed by atoms with Crippen molar-refractivity contribution in [3.8, 4) is 12.3 Å². The second-order valence-corrected chi connectivity index (χ2v) is 7.34.